The van der Waals surface area contributed by atoms with Gasteiger partial charge in [-0.25, -0.2) is 8.42 Å². The molecule has 8 nitrogen and oxygen atoms in total. The van der Waals surface area contributed by atoms with Crippen LogP contribution in [0.25, 0.3) is 0 Å². The Labute approximate surface area is 212 Å². The summed E-state index contributed by atoms with van der Waals surface area (Å²) in [5.41, 5.74) is 2.95. The molecule has 0 heterocycles. The van der Waals surface area contributed by atoms with Crippen molar-refractivity contribution in [2.75, 3.05) is 31.7 Å². The van der Waals surface area contributed by atoms with Crippen LogP contribution in [0.15, 0.2) is 65.6 Å². The lowest BCUT2D eigenvalue weighted by Crippen LogP contribution is -2.40. The summed E-state index contributed by atoms with van der Waals surface area (Å²) in [5, 5.41) is 2.82. The van der Waals surface area contributed by atoms with Gasteiger partial charge in [0.25, 0.3) is 10.0 Å². The summed E-state index contributed by atoms with van der Waals surface area (Å²) in [5.74, 6) is 0.893. The molecule has 0 saturated carbocycles. The molecule has 0 aliphatic rings. The lowest BCUT2D eigenvalue weighted by atomic mass is 10.1. The number of ether oxygens (including phenoxy) is 3. The van der Waals surface area contributed by atoms with Crippen molar-refractivity contribution in [2.24, 2.45) is 0 Å². The normalized spacial score (nSPS) is 11.0. The van der Waals surface area contributed by atoms with Gasteiger partial charge in [0.2, 0.25) is 5.91 Å². The number of anilines is 1. The van der Waals surface area contributed by atoms with E-state index < -0.39 is 22.5 Å². The van der Waals surface area contributed by atoms with E-state index in [4.69, 9.17) is 14.2 Å². The van der Waals surface area contributed by atoms with Crippen molar-refractivity contribution in [2.45, 2.75) is 32.2 Å². The van der Waals surface area contributed by atoms with Crippen LogP contribution in [0.5, 0.6) is 17.2 Å². The van der Waals surface area contributed by atoms with Gasteiger partial charge in [-0.3, -0.25) is 9.10 Å². The van der Waals surface area contributed by atoms with Gasteiger partial charge < -0.3 is 19.5 Å². The molecule has 0 fully saturated rings. The van der Waals surface area contributed by atoms with Gasteiger partial charge >= 0.3 is 0 Å². The number of hydrogen-bond acceptors (Lipinski definition) is 6. The highest BCUT2D eigenvalue weighted by Crippen LogP contribution is 2.32. The first-order chi connectivity index (χ1) is 17.2. The minimum atomic E-state index is -4.13. The van der Waals surface area contributed by atoms with Crippen LogP contribution < -0.4 is 23.8 Å². The number of carbonyl (C=O) groups is 1. The number of amides is 1. The summed E-state index contributed by atoms with van der Waals surface area (Å²) in [6, 6.07) is 17.2. The van der Waals surface area contributed by atoms with Gasteiger partial charge in [0.05, 0.1) is 31.4 Å². The molecule has 0 aliphatic heterocycles. The standard InChI is InChI=1S/C27H32N2O6S/c1-6-35-24-10-8-7-9-21(24)17-28-27(30)18-29(22-14-19(2)13-20(3)15-22)36(31,32)23-11-12-25(33-4)26(16-23)34-5/h7-16H,6,17-18H2,1-5H3,(H,28,30). The number of methoxy groups -OCH3 is 2. The van der Waals surface area contributed by atoms with E-state index in [1.165, 1.54) is 32.4 Å². The summed E-state index contributed by atoms with van der Waals surface area (Å²) < 4.78 is 44.9. The highest BCUT2D eigenvalue weighted by Gasteiger charge is 2.28. The maximum atomic E-state index is 13.8. The van der Waals surface area contributed by atoms with Crippen molar-refractivity contribution in [3.05, 3.63) is 77.4 Å². The Kier molecular flexibility index (Phi) is 8.82. The fourth-order valence-corrected chi connectivity index (χ4v) is 5.26. The molecule has 0 radical (unpaired) electrons. The first-order valence-electron chi connectivity index (χ1n) is 11.5. The number of rotatable bonds is 11. The quantitative estimate of drug-likeness (QED) is 0.413. The van der Waals surface area contributed by atoms with E-state index in [-0.39, 0.29) is 17.2 Å². The van der Waals surface area contributed by atoms with Crippen molar-refractivity contribution in [3.63, 3.8) is 0 Å². The monoisotopic (exact) mass is 512 g/mol. The van der Waals surface area contributed by atoms with Crippen LogP contribution in [0.4, 0.5) is 5.69 Å². The third-order valence-corrected chi connectivity index (χ3v) is 7.24. The fraction of sp³-hybridized carbons (Fsp3) is 0.296. The summed E-state index contributed by atoms with van der Waals surface area (Å²) >= 11 is 0. The second kappa shape index (κ2) is 11.8. The van der Waals surface area contributed by atoms with Gasteiger partial charge in [-0.2, -0.15) is 0 Å². The van der Waals surface area contributed by atoms with Gasteiger partial charge in [0.15, 0.2) is 11.5 Å². The molecule has 0 aliphatic carbocycles. The Balaban J connectivity index is 1.94. The molecule has 0 saturated heterocycles. The molecule has 0 unspecified atom stereocenters. The summed E-state index contributed by atoms with van der Waals surface area (Å²) in [7, 11) is -1.22. The largest absolute Gasteiger partial charge is 0.494 e. The third kappa shape index (κ3) is 6.28. The highest BCUT2D eigenvalue weighted by atomic mass is 32.2. The second-order valence-corrected chi connectivity index (χ2v) is 10.1. The molecule has 1 amide bonds. The van der Waals surface area contributed by atoms with Crippen molar-refractivity contribution in [1.82, 2.24) is 5.32 Å². The number of aryl methyl sites for hydroxylation is 2. The number of sulfonamides is 1. The number of nitrogens with zero attached hydrogens (tertiary/aromatic N) is 1. The molecule has 1 N–H and O–H groups in total. The van der Waals surface area contributed by atoms with Gasteiger partial charge in [-0.05, 0) is 62.2 Å². The van der Waals surface area contributed by atoms with E-state index in [0.29, 0.717) is 23.8 Å². The summed E-state index contributed by atoms with van der Waals surface area (Å²) in [4.78, 5) is 13.0. The smallest absolute Gasteiger partial charge is 0.264 e. The van der Waals surface area contributed by atoms with Crippen LogP contribution in [0.3, 0.4) is 0 Å². The first-order valence-corrected chi connectivity index (χ1v) is 12.9. The predicted octanol–water partition coefficient (Wildman–Crippen LogP) is 4.23. The van der Waals surface area contributed by atoms with E-state index in [1.807, 2.05) is 51.1 Å². The van der Waals surface area contributed by atoms with Crippen molar-refractivity contribution >= 4 is 21.6 Å². The summed E-state index contributed by atoms with van der Waals surface area (Å²) in [6.45, 7) is 5.93. The molecule has 0 aromatic heterocycles. The maximum Gasteiger partial charge on any atom is 0.264 e. The Morgan fingerprint density at radius 3 is 2.19 bits per heavy atom. The predicted molar refractivity (Wildman–Crippen MR) is 139 cm³/mol. The Morgan fingerprint density at radius 1 is 0.889 bits per heavy atom. The van der Waals surface area contributed by atoms with E-state index in [9.17, 15) is 13.2 Å². The zero-order chi connectivity index (χ0) is 26.3. The van der Waals surface area contributed by atoms with Crippen LogP contribution in [0.2, 0.25) is 0 Å². The van der Waals surface area contributed by atoms with E-state index in [1.54, 1.807) is 12.1 Å². The highest BCUT2D eigenvalue weighted by molar-refractivity contribution is 7.92. The topological polar surface area (TPSA) is 94.2 Å². The lowest BCUT2D eigenvalue weighted by Gasteiger charge is -2.25. The molecule has 3 aromatic rings. The Morgan fingerprint density at radius 2 is 1.56 bits per heavy atom. The Hall–Kier alpha value is -3.72. The lowest BCUT2D eigenvalue weighted by molar-refractivity contribution is -0.119. The molecule has 192 valence electrons. The van der Waals surface area contributed by atoms with Crippen LogP contribution >= 0.6 is 0 Å². The SMILES string of the molecule is CCOc1ccccc1CNC(=O)CN(c1cc(C)cc(C)c1)S(=O)(=O)c1ccc(OC)c(OC)c1. The van der Waals surface area contributed by atoms with Crippen LogP contribution in [-0.2, 0) is 21.4 Å². The minimum Gasteiger partial charge on any atom is -0.494 e. The summed E-state index contributed by atoms with van der Waals surface area (Å²) in [6.07, 6.45) is 0. The van der Waals surface area contributed by atoms with Crippen molar-refractivity contribution in [1.29, 1.82) is 0 Å². The van der Waals surface area contributed by atoms with Crippen LogP contribution in [0.1, 0.15) is 23.6 Å². The zero-order valence-electron chi connectivity index (χ0n) is 21.2. The van der Waals surface area contributed by atoms with Gasteiger partial charge in [0.1, 0.15) is 12.3 Å². The van der Waals surface area contributed by atoms with E-state index >= 15 is 0 Å². The number of hydrogen-bond donors (Lipinski definition) is 1. The molecule has 0 bridgehead atoms. The molecule has 3 rings (SSSR count). The molecule has 0 atom stereocenters. The maximum absolute atomic E-state index is 13.8. The molecular formula is C27H32N2O6S. The van der Waals surface area contributed by atoms with Gasteiger partial charge in [-0.1, -0.05) is 24.3 Å². The number of nitrogens with one attached hydrogen (secondary N) is 1. The number of para-hydroxylation sites is 1. The second-order valence-electron chi connectivity index (χ2n) is 8.19. The number of carbonyl (C=O) groups excluding carboxylic acids is 1. The van der Waals surface area contributed by atoms with E-state index in [2.05, 4.69) is 5.32 Å². The average molecular weight is 513 g/mol. The molecule has 36 heavy (non-hydrogen) atoms. The van der Waals surface area contributed by atoms with Crippen LogP contribution in [-0.4, -0.2) is 41.7 Å². The average Bonchev–Trinajstić information content (AvgIpc) is 2.85. The zero-order valence-corrected chi connectivity index (χ0v) is 22.0. The van der Waals surface area contributed by atoms with Crippen molar-refractivity contribution < 1.29 is 27.4 Å². The van der Waals surface area contributed by atoms with Crippen molar-refractivity contribution in [3.8, 4) is 17.2 Å². The molecule has 0 spiro atoms. The van der Waals surface area contributed by atoms with Gasteiger partial charge in [0, 0.05) is 18.2 Å². The van der Waals surface area contributed by atoms with Gasteiger partial charge in [-0.15, -0.1) is 0 Å². The minimum absolute atomic E-state index is 0.0196. The molecular weight excluding hydrogens is 480 g/mol. The van der Waals surface area contributed by atoms with E-state index in [0.717, 1.165) is 21.0 Å². The number of benzene rings is 3. The fourth-order valence-electron chi connectivity index (χ4n) is 3.84. The first kappa shape index (κ1) is 26.9. The third-order valence-electron chi connectivity index (χ3n) is 5.47. The van der Waals surface area contributed by atoms with Crippen LogP contribution in [0, 0.1) is 13.8 Å². The molecule has 9 heteroatoms. The molecule has 3 aromatic carbocycles. The Bertz CT molecular complexity index is 1300.